The van der Waals surface area contributed by atoms with Gasteiger partial charge < -0.3 is 14.8 Å². The van der Waals surface area contributed by atoms with E-state index in [1.54, 1.807) is 48.5 Å². The van der Waals surface area contributed by atoms with E-state index < -0.39 is 0 Å². The maximum Gasteiger partial charge on any atom is 0.255 e. The van der Waals surface area contributed by atoms with Gasteiger partial charge >= 0.3 is 0 Å². The summed E-state index contributed by atoms with van der Waals surface area (Å²) in [4.78, 5) is 14.0. The fourth-order valence-electron chi connectivity index (χ4n) is 2.86. The van der Waals surface area contributed by atoms with Crippen molar-refractivity contribution >= 4 is 22.6 Å². The van der Waals surface area contributed by atoms with Crippen LogP contribution in [0.4, 0.5) is 10.1 Å². The molecule has 4 aromatic rings. The van der Waals surface area contributed by atoms with Crippen molar-refractivity contribution in [1.29, 1.82) is 0 Å². The van der Waals surface area contributed by atoms with Gasteiger partial charge in [0.15, 0.2) is 11.5 Å². The molecule has 0 saturated heterocycles. The van der Waals surface area contributed by atoms with E-state index in [-0.39, 0.29) is 11.7 Å². The Bertz CT molecular complexity index is 1190. The van der Waals surface area contributed by atoms with Crippen molar-refractivity contribution in [2.24, 2.45) is 0 Å². The third-order valence-corrected chi connectivity index (χ3v) is 4.34. The number of nitrogens with one attached hydrogen (secondary N) is 1. The zero-order valence-corrected chi connectivity index (χ0v) is 15.7. The fourth-order valence-corrected chi connectivity index (χ4v) is 2.86. The molecule has 1 aromatic heterocycles. The molecule has 0 atom stereocenters. The maximum atomic E-state index is 13.1. The standard InChI is InChI=1S/C21H17FN4O3/c1-28-19-10-3-13(11-20(19)29-2)21(27)23-15-6-9-17-18(12-15)25-26(24-17)16-7-4-14(22)5-8-16/h3-12H,1-2H3,(H,23,27). The summed E-state index contributed by atoms with van der Waals surface area (Å²) in [5, 5.41) is 11.6. The van der Waals surface area contributed by atoms with Crippen LogP contribution in [0.3, 0.4) is 0 Å². The van der Waals surface area contributed by atoms with Crippen molar-refractivity contribution in [3.63, 3.8) is 0 Å². The highest BCUT2D eigenvalue weighted by Crippen LogP contribution is 2.28. The summed E-state index contributed by atoms with van der Waals surface area (Å²) in [7, 11) is 3.05. The SMILES string of the molecule is COc1ccc(C(=O)Nc2ccc3nn(-c4ccc(F)cc4)nc3c2)cc1OC. The number of methoxy groups -OCH3 is 2. The fraction of sp³-hybridized carbons (Fsp3) is 0.0952. The number of anilines is 1. The van der Waals surface area contributed by atoms with Crippen molar-refractivity contribution in [3.05, 3.63) is 72.0 Å². The summed E-state index contributed by atoms with van der Waals surface area (Å²) < 4.78 is 23.5. The molecule has 0 aliphatic heterocycles. The predicted molar refractivity (Wildman–Crippen MR) is 106 cm³/mol. The number of fused-ring (bicyclic) bond motifs is 1. The van der Waals surface area contributed by atoms with Gasteiger partial charge in [0, 0.05) is 11.3 Å². The van der Waals surface area contributed by atoms with Crippen LogP contribution in [0.1, 0.15) is 10.4 Å². The summed E-state index contributed by atoms with van der Waals surface area (Å²) in [6, 6.07) is 16.0. The van der Waals surface area contributed by atoms with Crippen LogP contribution in [-0.4, -0.2) is 35.1 Å². The lowest BCUT2D eigenvalue weighted by Crippen LogP contribution is -2.12. The van der Waals surface area contributed by atoms with Crippen LogP contribution in [0, 0.1) is 5.82 Å². The van der Waals surface area contributed by atoms with Gasteiger partial charge in [0.25, 0.3) is 5.91 Å². The molecule has 0 fully saturated rings. The molecule has 0 aliphatic rings. The molecule has 0 bridgehead atoms. The number of aromatic nitrogens is 3. The van der Waals surface area contributed by atoms with Crippen LogP contribution in [0.2, 0.25) is 0 Å². The minimum absolute atomic E-state index is 0.295. The zero-order chi connectivity index (χ0) is 20.4. The van der Waals surface area contributed by atoms with Crippen molar-refractivity contribution in [1.82, 2.24) is 15.0 Å². The Morgan fingerprint density at radius 3 is 2.34 bits per heavy atom. The van der Waals surface area contributed by atoms with E-state index in [0.717, 1.165) is 0 Å². The molecule has 8 heteroatoms. The van der Waals surface area contributed by atoms with Crippen LogP contribution in [0.25, 0.3) is 16.7 Å². The molecule has 3 aromatic carbocycles. The van der Waals surface area contributed by atoms with E-state index in [9.17, 15) is 9.18 Å². The highest BCUT2D eigenvalue weighted by Gasteiger charge is 2.12. The number of rotatable bonds is 5. The van der Waals surface area contributed by atoms with Gasteiger partial charge in [-0.15, -0.1) is 10.2 Å². The molecule has 0 radical (unpaired) electrons. The lowest BCUT2D eigenvalue weighted by atomic mass is 10.1. The molecule has 1 N–H and O–H groups in total. The lowest BCUT2D eigenvalue weighted by Gasteiger charge is -2.10. The van der Waals surface area contributed by atoms with Crippen molar-refractivity contribution in [2.45, 2.75) is 0 Å². The van der Waals surface area contributed by atoms with Gasteiger partial charge in [0.2, 0.25) is 0 Å². The quantitative estimate of drug-likeness (QED) is 0.559. The van der Waals surface area contributed by atoms with Gasteiger partial charge in [0.05, 0.1) is 19.9 Å². The predicted octanol–water partition coefficient (Wildman–Crippen LogP) is 3.83. The van der Waals surface area contributed by atoms with Gasteiger partial charge in [-0.3, -0.25) is 4.79 Å². The van der Waals surface area contributed by atoms with Crippen molar-refractivity contribution < 1.29 is 18.7 Å². The third-order valence-electron chi connectivity index (χ3n) is 4.34. The Hall–Kier alpha value is -3.94. The number of hydrogen-bond donors (Lipinski definition) is 1. The molecule has 1 heterocycles. The Labute approximate surface area is 165 Å². The molecular weight excluding hydrogens is 375 g/mol. The molecule has 7 nitrogen and oxygen atoms in total. The van der Waals surface area contributed by atoms with Crippen molar-refractivity contribution in [2.75, 3.05) is 19.5 Å². The van der Waals surface area contributed by atoms with E-state index in [4.69, 9.17) is 9.47 Å². The van der Waals surface area contributed by atoms with Gasteiger partial charge in [-0.25, -0.2) is 4.39 Å². The first-order chi connectivity index (χ1) is 14.1. The summed E-state index contributed by atoms with van der Waals surface area (Å²) in [6.45, 7) is 0. The molecule has 146 valence electrons. The first-order valence-electron chi connectivity index (χ1n) is 8.74. The second kappa shape index (κ2) is 7.59. The van der Waals surface area contributed by atoms with Gasteiger partial charge in [-0.2, -0.15) is 4.80 Å². The Kier molecular flexibility index (Phi) is 4.82. The normalized spacial score (nSPS) is 10.7. The molecule has 1 amide bonds. The molecule has 0 saturated carbocycles. The number of nitrogens with zero attached hydrogens (tertiary/aromatic N) is 3. The number of hydrogen-bond acceptors (Lipinski definition) is 5. The van der Waals surface area contributed by atoms with E-state index in [1.165, 1.54) is 31.1 Å². The molecular formula is C21H17FN4O3. The van der Waals surface area contributed by atoms with Crippen LogP contribution < -0.4 is 14.8 Å². The molecule has 0 unspecified atom stereocenters. The van der Waals surface area contributed by atoms with E-state index in [1.807, 2.05) is 0 Å². The number of carbonyl (C=O) groups is 1. The Morgan fingerprint density at radius 2 is 1.62 bits per heavy atom. The first-order valence-corrected chi connectivity index (χ1v) is 8.74. The second-order valence-electron chi connectivity index (χ2n) is 6.19. The number of benzene rings is 3. The van der Waals surface area contributed by atoms with Crippen LogP contribution in [-0.2, 0) is 0 Å². The molecule has 0 aliphatic carbocycles. The summed E-state index contributed by atoms with van der Waals surface area (Å²) >= 11 is 0. The minimum Gasteiger partial charge on any atom is -0.493 e. The first kappa shape index (κ1) is 18.4. The van der Waals surface area contributed by atoms with Gasteiger partial charge in [0.1, 0.15) is 16.9 Å². The second-order valence-corrected chi connectivity index (χ2v) is 6.19. The summed E-state index contributed by atoms with van der Waals surface area (Å²) in [5.74, 6) is 0.391. The van der Waals surface area contributed by atoms with E-state index in [0.29, 0.717) is 39.5 Å². The smallest absolute Gasteiger partial charge is 0.255 e. The third kappa shape index (κ3) is 3.73. The summed E-state index contributed by atoms with van der Waals surface area (Å²) in [6.07, 6.45) is 0. The largest absolute Gasteiger partial charge is 0.493 e. The lowest BCUT2D eigenvalue weighted by molar-refractivity contribution is 0.102. The molecule has 4 rings (SSSR count). The zero-order valence-electron chi connectivity index (χ0n) is 15.7. The maximum absolute atomic E-state index is 13.1. The topological polar surface area (TPSA) is 78.3 Å². The Morgan fingerprint density at radius 1 is 0.897 bits per heavy atom. The average molecular weight is 392 g/mol. The summed E-state index contributed by atoms with van der Waals surface area (Å²) in [5.41, 5.74) is 2.89. The highest BCUT2D eigenvalue weighted by molar-refractivity contribution is 6.05. The number of amides is 1. The van der Waals surface area contributed by atoms with Crippen molar-refractivity contribution in [3.8, 4) is 17.2 Å². The molecule has 0 spiro atoms. The van der Waals surface area contributed by atoms with Gasteiger partial charge in [-0.05, 0) is 60.7 Å². The average Bonchev–Trinajstić information content (AvgIpc) is 3.17. The monoisotopic (exact) mass is 392 g/mol. The number of halogens is 1. The van der Waals surface area contributed by atoms with Crippen LogP contribution >= 0.6 is 0 Å². The van der Waals surface area contributed by atoms with Crippen LogP contribution in [0.5, 0.6) is 11.5 Å². The van der Waals surface area contributed by atoms with Gasteiger partial charge in [-0.1, -0.05) is 0 Å². The van der Waals surface area contributed by atoms with E-state index in [2.05, 4.69) is 15.5 Å². The molecule has 29 heavy (non-hydrogen) atoms. The number of ether oxygens (including phenoxy) is 2. The van der Waals surface area contributed by atoms with E-state index >= 15 is 0 Å². The minimum atomic E-state index is -0.328. The Balaban J connectivity index is 1.58. The number of carbonyl (C=O) groups excluding carboxylic acids is 1. The highest BCUT2D eigenvalue weighted by atomic mass is 19.1. The van der Waals surface area contributed by atoms with Crippen LogP contribution in [0.15, 0.2) is 60.7 Å².